The zero-order chi connectivity index (χ0) is 13.8. The van der Waals surface area contributed by atoms with Gasteiger partial charge in [0.2, 0.25) is 0 Å². The van der Waals surface area contributed by atoms with Crippen molar-refractivity contribution in [3.8, 4) is 5.75 Å². The molecule has 0 aliphatic rings. The highest BCUT2D eigenvalue weighted by Gasteiger charge is 2.27. The van der Waals surface area contributed by atoms with Crippen LogP contribution < -0.4 is 10.5 Å². The van der Waals surface area contributed by atoms with Gasteiger partial charge in [-0.2, -0.15) is 13.2 Å². The van der Waals surface area contributed by atoms with Crippen LogP contribution in [-0.2, 0) is 0 Å². The number of hydrogen-bond acceptors (Lipinski definition) is 3. The van der Waals surface area contributed by atoms with E-state index in [-0.39, 0.29) is 35.0 Å². The van der Waals surface area contributed by atoms with Crippen molar-refractivity contribution in [3.05, 3.63) is 28.8 Å². The van der Waals surface area contributed by atoms with Gasteiger partial charge in [0.1, 0.15) is 11.6 Å². The van der Waals surface area contributed by atoms with Gasteiger partial charge in [-0.3, -0.25) is 5.41 Å². The first-order valence-corrected chi connectivity index (χ1v) is 6.13. The molecule has 0 bridgehead atoms. The zero-order valence-electron chi connectivity index (χ0n) is 9.05. The van der Waals surface area contributed by atoms with E-state index in [0.29, 0.717) is 11.3 Å². The van der Waals surface area contributed by atoms with Gasteiger partial charge in [-0.1, -0.05) is 11.6 Å². The van der Waals surface area contributed by atoms with Crippen molar-refractivity contribution in [3.63, 3.8) is 0 Å². The lowest BCUT2D eigenvalue weighted by atomic mass is 10.2. The summed E-state index contributed by atoms with van der Waals surface area (Å²) >= 11 is 5.68. The fourth-order valence-electron chi connectivity index (χ4n) is 1.12. The number of nitrogens with two attached hydrogens (primary N) is 1. The van der Waals surface area contributed by atoms with Gasteiger partial charge in [0.05, 0.1) is 11.6 Å². The number of nitrogens with one attached hydrogen (secondary N) is 1. The van der Waals surface area contributed by atoms with E-state index in [2.05, 4.69) is 0 Å². The number of amidine groups is 1. The molecular formula is C10H10ClF3N2OS. The normalized spacial score (nSPS) is 11.3. The average Bonchev–Trinajstić information content (AvgIpc) is 2.22. The second-order valence-corrected chi connectivity index (χ2v) is 4.77. The molecule has 0 fully saturated rings. The minimum atomic E-state index is -4.25. The van der Waals surface area contributed by atoms with Crippen molar-refractivity contribution < 1.29 is 17.9 Å². The Kier molecular flexibility index (Phi) is 5.15. The predicted octanol–water partition coefficient (Wildman–Crippen LogP) is 3.26. The number of rotatable bonds is 5. The molecule has 0 aliphatic carbocycles. The maximum absolute atomic E-state index is 11.8. The third-order valence-electron chi connectivity index (χ3n) is 1.85. The predicted molar refractivity (Wildman–Crippen MR) is 66.5 cm³/mol. The SMILES string of the molecule is N=C(N)c1ccc(OCCSC(F)(F)F)cc1Cl. The second kappa shape index (κ2) is 6.19. The molecule has 0 saturated carbocycles. The summed E-state index contributed by atoms with van der Waals surface area (Å²) in [5.74, 6) is -0.0396. The molecule has 0 aromatic heterocycles. The number of ether oxygens (including phenoxy) is 1. The molecule has 0 amide bonds. The largest absolute Gasteiger partial charge is 0.493 e. The summed E-state index contributed by atoms with van der Waals surface area (Å²) in [5.41, 5.74) is 1.37. The first kappa shape index (κ1) is 15.0. The van der Waals surface area contributed by atoms with Crippen LogP contribution in [0.5, 0.6) is 5.75 Å². The van der Waals surface area contributed by atoms with Crippen LogP contribution in [0.1, 0.15) is 5.56 Å². The molecule has 1 aromatic rings. The van der Waals surface area contributed by atoms with Gasteiger partial charge in [-0.15, -0.1) is 0 Å². The number of halogens is 4. The Morgan fingerprint density at radius 2 is 2.11 bits per heavy atom. The van der Waals surface area contributed by atoms with Crippen LogP contribution in [0.4, 0.5) is 13.2 Å². The van der Waals surface area contributed by atoms with E-state index in [4.69, 9.17) is 27.5 Å². The Morgan fingerprint density at radius 3 is 2.61 bits per heavy atom. The smallest absolute Gasteiger partial charge is 0.441 e. The van der Waals surface area contributed by atoms with Crippen LogP contribution in [0, 0.1) is 5.41 Å². The highest BCUT2D eigenvalue weighted by molar-refractivity contribution is 8.00. The highest BCUT2D eigenvalue weighted by atomic mass is 35.5. The lowest BCUT2D eigenvalue weighted by Crippen LogP contribution is -2.12. The molecule has 0 aliphatic heterocycles. The molecule has 0 heterocycles. The van der Waals surface area contributed by atoms with Gasteiger partial charge in [-0.25, -0.2) is 0 Å². The average molecular weight is 299 g/mol. The summed E-state index contributed by atoms with van der Waals surface area (Å²) in [5, 5.41) is 7.43. The summed E-state index contributed by atoms with van der Waals surface area (Å²) in [4.78, 5) is 0. The molecule has 3 N–H and O–H groups in total. The van der Waals surface area contributed by atoms with Crippen LogP contribution >= 0.6 is 23.4 Å². The highest BCUT2D eigenvalue weighted by Crippen LogP contribution is 2.30. The maximum Gasteiger partial charge on any atom is 0.441 e. The van der Waals surface area contributed by atoms with E-state index < -0.39 is 5.51 Å². The van der Waals surface area contributed by atoms with Crippen molar-refractivity contribution in [1.29, 1.82) is 5.41 Å². The second-order valence-electron chi connectivity index (χ2n) is 3.20. The van der Waals surface area contributed by atoms with Gasteiger partial charge in [0, 0.05) is 11.3 Å². The molecule has 1 rings (SSSR count). The van der Waals surface area contributed by atoms with Crippen molar-refractivity contribution in [2.24, 2.45) is 5.73 Å². The van der Waals surface area contributed by atoms with Crippen LogP contribution in [0.25, 0.3) is 0 Å². The first-order chi connectivity index (χ1) is 8.29. The van der Waals surface area contributed by atoms with Gasteiger partial charge in [0.15, 0.2) is 0 Å². The fourth-order valence-corrected chi connectivity index (χ4v) is 1.79. The van der Waals surface area contributed by atoms with Crippen LogP contribution in [0.2, 0.25) is 5.02 Å². The Balaban J connectivity index is 2.49. The molecule has 0 unspecified atom stereocenters. The van der Waals surface area contributed by atoms with E-state index in [9.17, 15) is 13.2 Å². The third-order valence-corrected chi connectivity index (χ3v) is 2.86. The minimum Gasteiger partial charge on any atom is -0.493 e. The number of alkyl halides is 3. The summed E-state index contributed by atoms with van der Waals surface area (Å²) in [7, 11) is 0. The Labute approximate surface area is 111 Å². The van der Waals surface area contributed by atoms with Crippen molar-refractivity contribution >= 4 is 29.2 Å². The standard InChI is InChI=1S/C10H10ClF3N2OS/c11-8-5-6(1-2-7(8)9(15)16)17-3-4-18-10(12,13)14/h1-2,5H,3-4H2,(H3,15,16). The molecule has 3 nitrogen and oxygen atoms in total. The number of benzene rings is 1. The minimum absolute atomic E-state index is 0.0834. The maximum atomic E-state index is 11.8. The van der Waals surface area contributed by atoms with Gasteiger partial charge < -0.3 is 10.5 Å². The molecule has 100 valence electrons. The molecule has 0 radical (unpaired) electrons. The zero-order valence-corrected chi connectivity index (χ0v) is 10.6. The summed E-state index contributed by atoms with van der Waals surface area (Å²) < 4.78 is 40.6. The molecule has 18 heavy (non-hydrogen) atoms. The summed E-state index contributed by atoms with van der Waals surface area (Å²) in [6.07, 6.45) is 0. The van der Waals surface area contributed by atoms with Gasteiger partial charge in [0.25, 0.3) is 0 Å². The van der Waals surface area contributed by atoms with E-state index >= 15 is 0 Å². The Morgan fingerprint density at radius 1 is 1.44 bits per heavy atom. The molecule has 0 spiro atoms. The van der Waals surface area contributed by atoms with Crippen molar-refractivity contribution in [2.45, 2.75) is 5.51 Å². The van der Waals surface area contributed by atoms with Crippen molar-refractivity contribution in [2.75, 3.05) is 12.4 Å². The van der Waals surface area contributed by atoms with Crippen LogP contribution in [-0.4, -0.2) is 23.7 Å². The monoisotopic (exact) mass is 298 g/mol. The van der Waals surface area contributed by atoms with Crippen LogP contribution in [0.3, 0.4) is 0 Å². The topological polar surface area (TPSA) is 59.1 Å². The molecule has 1 aromatic carbocycles. The number of thioether (sulfide) groups is 1. The van der Waals surface area contributed by atoms with E-state index in [1.54, 1.807) is 0 Å². The summed E-state index contributed by atoms with van der Waals surface area (Å²) in [6, 6.07) is 4.40. The Hall–Kier alpha value is -1.08. The lowest BCUT2D eigenvalue weighted by molar-refractivity contribution is -0.0329. The lowest BCUT2D eigenvalue weighted by Gasteiger charge is -2.09. The molecule has 0 saturated heterocycles. The molecule has 8 heteroatoms. The molecular weight excluding hydrogens is 289 g/mol. The summed E-state index contributed by atoms with van der Waals surface area (Å²) in [6.45, 7) is -0.0834. The number of hydrogen-bond donors (Lipinski definition) is 2. The Bertz CT molecular complexity index is 440. The quantitative estimate of drug-likeness (QED) is 0.498. The van der Waals surface area contributed by atoms with E-state index in [1.165, 1.54) is 18.2 Å². The van der Waals surface area contributed by atoms with Crippen LogP contribution in [0.15, 0.2) is 18.2 Å². The van der Waals surface area contributed by atoms with Crippen molar-refractivity contribution in [1.82, 2.24) is 0 Å². The third kappa shape index (κ3) is 5.05. The van der Waals surface area contributed by atoms with E-state index in [1.807, 2.05) is 0 Å². The van der Waals surface area contributed by atoms with E-state index in [0.717, 1.165) is 0 Å². The van der Waals surface area contributed by atoms with Gasteiger partial charge >= 0.3 is 5.51 Å². The number of nitrogen functional groups attached to an aromatic ring is 1. The first-order valence-electron chi connectivity index (χ1n) is 4.77. The fraction of sp³-hybridized carbons (Fsp3) is 0.300. The molecule has 0 atom stereocenters. The van der Waals surface area contributed by atoms with Gasteiger partial charge in [-0.05, 0) is 30.0 Å².